The van der Waals surface area contributed by atoms with Crippen LogP contribution in [-0.4, -0.2) is 40.6 Å². The van der Waals surface area contributed by atoms with Crippen LogP contribution < -0.4 is 10.6 Å². The number of hydrogen-bond donors (Lipinski definition) is 2. The van der Waals surface area contributed by atoms with Gasteiger partial charge in [0.25, 0.3) is 0 Å². The van der Waals surface area contributed by atoms with E-state index in [1.165, 1.54) is 19.3 Å². The van der Waals surface area contributed by atoms with Crippen LogP contribution in [-0.2, 0) is 11.3 Å². The Hall–Kier alpha value is -1.56. The molecule has 1 spiro atoms. The van der Waals surface area contributed by atoms with E-state index in [1.54, 1.807) is 6.20 Å². The van der Waals surface area contributed by atoms with E-state index in [0.717, 1.165) is 25.9 Å². The van der Waals surface area contributed by atoms with Crippen LogP contribution in [0.5, 0.6) is 0 Å². The molecule has 1 atom stereocenters. The highest BCUT2D eigenvalue weighted by atomic mass is 16.5. The molecule has 21 heavy (non-hydrogen) atoms. The van der Waals surface area contributed by atoms with Gasteiger partial charge in [0, 0.05) is 25.5 Å². The number of rotatable bonds is 4. The molecule has 1 aliphatic carbocycles. The number of amides is 2. The van der Waals surface area contributed by atoms with Crippen molar-refractivity contribution >= 4 is 6.03 Å². The monoisotopic (exact) mass is 292 g/mol. The van der Waals surface area contributed by atoms with Crippen molar-refractivity contribution in [2.45, 2.75) is 56.7 Å². The zero-order chi connectivity index (χ0) is 14.5. The van der Waals surface area contributed by atoms with Crippen molar-refractivity contribution in [3.8, 4) is 0 Å². The van der Waals surface area contributed by atoms with E-state index in [9.17, 15) is 4.79 Å². The molecular formula is C15H24N4O2. The molecule has 3 rings (SSSR count). The Kier molecular flexibility index (Phi) is 4.43. The van der Waals surface area contributed by atoms with Crippen LogP contribution in [0.3, 0.4) is 0 Å². The minimum Gasteiger partial charge on any atom is -0.373 e. The largest absolute Gasteiger partial charge is 0.373 e. The van der Waals surface area contributed by atoms with Gasteiger partial charge in [0.05, 0.1) is 18.2 Å². The molecule has 6 heteroatoms. The number of carbonyl (C=O) groups excluding carboxylic acids is 1. The second-order valence-corrected chi connectivity index (χ2v) is 5.98. The predicted octanol–water partition coefficient (Wildman–Crippen LogP) is 1.67. The van der Waals surface area contributed by atoms with Crippen LogP contribution in [0.2, 0.25) is 0 Å². The molecule has 0 bridgehead atoms. The predicted molar refractivity (Wildman–Crippen MR) is 78.9 cm³/mol. The van der Waals surface area contributed by atoms with Gasteiger partial charge in [-0.05, 0) is 25.3 Å². The summed E-state index contributed by atoms with van der Waals surface area (Å²) in [5.41, 5.74) is -0.0996. The number of ether oxygens (including phenoxy) is 1. The van der Waals surface area contributed by atoms with E-state index in [-0.39, 0.29) is 17.7 Å². The molecule has 1 aliphatic heterocycles. The van der Waals surface area contributed by atoms with Gasteiger partial charge >= 0.3 is 6.03 Å². The van der Waals surface area contributed by atoms with Crippen LogP contribution in [0, 0.1) is 0 Å². The summed E-state index contributed by atoms with van der Waals surface area (Å²) in [5, 5.41) is 10.1. The summed E-state index contributed by atoms with van der Waals surface area (Å²) in [5.74, 6) is 0. The van der Waals surface area contributed by atoms with E-state index in [4.69, 9.17) is 4.74 Å². The lowest BCUT2D eigenvalue weighted by Gasteiger charge is -2.38. The van der Waals surface area contributed by atoms with Crippen molar-refractivity contribution in [3.05, 3.63) is 18.5 Å². The normalized spacial score (nSPS) is 24.1. The first-order chi connectivity index (χ1) is 10.3. The zero-order valence-corrected chi connectivity index (χ0v) is 12.4. The Morgan fingerprint density at radius 2 is 2.24 bits per heavy atom. The number of urea groups is 1. The first kappa shape index (κ1) is 14.4. The summed E-state index contributed by atoms with van der Waals surface area (Å²) < 4.78 is 7.81. The van der Waals surface area contributed by atoms with Crippen LogP contribution in [0.1, 0.15) is 38.5 Å². The van der Waals surface area contributed by atoms with Crippen molar-refractivity contribution in [1.29, 1.82) is 0 Å². The highest BCUT2D eigenvalue weighted by Gasteiger charge is 2.45. The van der Waals surface area contributed by atoms with Crippen molar-refractivity contribution < 1.29 is 9.53 Å². The standard InChI is InChI=1S/C15H24N4O2/c20-14(16-9-11-19-10-4-8-17-19)18-13-5-12-21-15(13)6-2-1-3-7-15/h4,8,10,13H,1-3,5-7,9,11-12H2,(H2,16,18,20). The highest BCUT2D eigenvalue weighted by Crippen LogP contribution is 2.39. The number of nitrogens with one attached hydrogen (secondary N) is 2. The van der Waals surface area contributed by atoms with E-state index in [2.05, 4.69) is 15.7 Å². The lowest BCUT2D eigenvalue weighted by molar-refractivity contribution is -0.0367. The van der Waals surface area contributed by atoms with Crippen LogP contribution >= 0.6 is 0 Å². The summed E-state index contributed by atoms with van der Waals surface area (Å²) >= 11 is 0. The Morgan fingerprint density at radius 1 is 1.38 bits per heavy atom. The highest BCUT2D eigenvalue weighted by molar-refractivity contribution is 5.74. The maximum atomic E-state index is 12.0. The van der Waals surface area contributed by atoms with Crippen molar-refractivity contribution in [2.24, 2.45) is 0 Å². The number of hydrogen-bond acceptors (Lipinski definition) is 3. The molecule has 1 unspecified atom stereocenters. The summed E-state index contributed by atoms with van der Waals surface area (Å²) in [6, 6.07) is 1.94. The van der Waals surface area contributed by atoms with E-state index >= 15 is 0 Å². The smallest absolute Gasteiger partial charge is 0.315 e. The number of carbonyl (C=O) groups is 1. The molecule has 2 amide bonds. The zero-order valence-electron chi connectivity index (χ0n) is 12.4. The average molecular weight is 292 g/mol. The van der Waals surface area contributed by atoms with Gasteiger partial charge in [-0.3, -0.25) is 4.68 Å². The molecule has 116 valence electrons. The van der Waals surface area contributed by atoms with Gasteiger partial charge in [-0.1, -0.05) is 19.3 Å². The van der Waals surface area contributed by atoms with Gasteiger partial charge in [-0.15, -0.1) is 0 Å². The summed E-state index contributed by atoms with van der Waals surface area (Å²) in [4.78, 5) is 12.0. The third-order valence-corrected chi connectivity index (χ3v) is 4.62. The average Bonchev–Trinajstić information content (AvgIpc) is 3.12. The minimum absolute atomic E-state index is 0.0948. The first-order valence-electron chi connectivity index (χ1n) is 7.94. The van der Waals surface area contributed by atoms with Gasteiger partial charge in [0.1, 0.15) is 0 Å². The Balaban J connectivity index is 1.45. The Morgan fingerprint density at radius 3 is 3.00 bits per heavy atom. The SMILES string of the molecule is O=C(NCCn1cccn1)NC1CCOC12CCCCC2. The molecule has 2 N–H and O–H groups in total. The molecule has 2 heterocycles. The van der Waals surface area contributed by atoms with Gasteiger partial charge in [0.15, 0.2) is 0 Å². The molecule has 1 aromatic rings. The molecular weight excluding hydrogens is 268 g/mol. The maximum Gasteiger partial charge on any atom is 0.315 e. The first-order valence-corrected chi connectivity index (χ1v) is 7.94. The van der Waals surface area contributed by atoms with Crippen molar-refractivity contribution in [3.63, 3.8) is 0 Å². The van der Waals surface area contributed by atoms with Crippen LogP contribution in [0.15, 0.2) is 18.5 Å². The number of nitrogens with zero attached hydrogens (tertiary/aromatic N) is 2. The fraction of sp³-hybridized carbons (Fsp3) is 0.733. The van der Waals surface area contributed by atoms with Gasteiger partial charge < -0.3 is 15.4 Å². The molecule has 2 aliphatic rings. The molecule has 2 fully saturated rings. The van der Waals surface area contributed by atoms with Gasteiger partial charge in [-0.2, -0.15) is 5.10 Å². The van der Waals surface area contributed by atoms with Gasteiger partial charge in [-0.25, -0.2) is 4.79 Å². The quantitative estimate of drug-likeness (QED) is 0.887. The van der Waals surface area contributed by atoms with E-state index in [0.29, 0.717) is 13.1 Å². The van der Waals surface area contributed by atoms with Crippen LogP contribution in [0.25, 0.3) is 0 Å². The molecule has 0 radical (unpaired) electrons. The summed E-state index contributed by atoms with van der Waals surface area (Å²) in [6.07, 6.45) is 10.4. The third kappa shape index (κ3) is 3.37. The Labute approximate surface area is 125 Å². The fourth-order valence-electron chi connectivity index (χ4n) is 3.52. The second kappa shape index (κ2) is 6.47. The summed E-state index contributed by atoms with van der Waals surface area (Å²) in [6.45, 7) is 2.03. The second-order valence-electron chi connectivity index (χ2n) is 5.98. The van der Waals surface area contributed by atoms with Crippen molar-refractivity contribution in [2.75, 3.05) is 13.2 Å². The molecule has 1 saturated carbocycles. The number of aromatic nitrogens is 2. The van der Waals surface area contributed by atoms with Gasteiger partial charge in [0.2, 0.25) is 0 Å². The van der Waals surface area contributed by atoms with Crippen molar-refractivity contribution in [1.82, 2.24) is 20.4 Å². The lowest BCUT2D eigenvalue weighted by Crippen LogP contribution is -2.53. The third-order valence-electron chi connectivity index (χ3n) is 4.62. The van der Waals surface area contributed by atoms with E-state index in [1.807, 2.05) is 16.9 Å². The summed E-state index contributed by atoms with van der Waals surface area (Å²) in [7, 11) is 0. The maximum absolute atomic E-state index is 12.0. The molecule has 1 aromatic heterocycles. The molecule has 6 nitrogen and oxygen atoms in total. The van der Waals surface area contributed by atoms with E-state index < -0.39 is 0 Å². The minimum atomic E-state index is -0.0996. The molecule has 1 saturated heterocycles. The fourth-order valence-corrected chi connectivity index (χ4v) is 3.52. The molecule has 0 aromatic carbocycles. The Bertz CT molecular complexity index is 454. The lowest BCUT2D eigenvalue weighted by atomic mass is 9.80. The van der Waals surface area contributed by atoms with Crippen LogP contribution in [0.4, 0.5) is 4.79 Å². The topological polar surface area (TPSA) is 68.2 Å².